The largest absolute Gasteiger partial charge is 0.341 e. The summed E-state index contributed by atoms with van der Waals surface area (Å²) in [6, 6.07) is 0. The summed E-state index contributed by atoms with van der Waals surface area (Å²) >= 11 is 0. The van der Waals surface area contributed by atoms with Crippen molar-refractivity contribution >= 4 is 5.91 Å². The number of carbonyl (C=O) groups is 1. The quantitative estimate of drug-likeness (QED) is 0.830. The van der Waals surface area contributed by atoms with Crippen molar-refractivity contribution < 1.29 is 4.79 Å². The van der Waals surface area contributed by atoms with Gasteiger partial charge in [0.15, 0.2) is 0 Å². The first kappa shape index (κ1) is 18.3. The minimum absolute atomic E-state index is 0.300. The summed E-state index contributed by atoms with van der Waals surface area (Å²) in [7, 11) is 1.91. The van der Waals surface area contributed by atoms with Crippen LogP contribution >= 0.6 is 0 Å². The highest BCUT2D eigenvalue weighted by Gasteiger charge is 2.26. The van der Waals surface area contributed by atoms with Crippen LogP contribution in [0.2, 0.25) is 0 Å². The first-order valence-electron chi connectivity index (χ1n) is 9.67. The minimum Gasteiger partial charge on any atom is -0.341 e. The molecule has 1 N–H and O–H groups in total. The van der Waals surface area contributed by atoms with Gasteiger partial charge in [0, 0.05) is 32.4 Å². The number of rotatable bonds is 6. The van der Waals surface area contributed by atoms with Crippen molar-refractivity contribution in [2.45, 2.75) is 45.7 Å². The third-order valence-corrected chi connectivity index (χ3v) is 5.50. The van der Waals surface area contributed by atoms with Gasteiger partial charge >= 0.3 is 0 Å². The number of piperidine rings is 2. The monoisotopic (exact) mass is 348 g/mol. The molecule has 2 fully saturated rings. The lowest BCUT2D eigenvalue weighted by Gasteiger charge is -2.35. The molecule has 2 aliphatic rings. The molecular formula is C18H32N6O. The molecule has 3 heterocycles. The summed E-state index contributed by atoms with van der Waals surface area (Å²) in [5, 5.41) is 11.5. The van der Waals surface area contributed by atoms with E-state index in [1.807, 2.05) is 17.9 Å². The van der Waals surface area contributed by atoms with Crippen LogP contribution in [0.15, 0.2) is 6.20 Å². The Balaban J connectivity index is 1.47. The lowest BCUT2D eigenvalue weighted by atomic mass is 9.97. The van der Waals surface area contributed by atoms with E-state index in [-0.39, 0.29) is 0 Å². The molecule has 0 spiro atoms. The van der Waals surface area contributed by atoms with E-state index in [0.29, 0.717) is 18.4 Å². The first-order valence-corrected chi connectivity index (χ1v) is 9.67. The number of likely N-dealkylation sites (tertiary alicyclic amines) is 2. The van der Waals surface area contributed by atoms with Gasteiger partial charge in [-0.2, -0.15) is 0 Å². The average molecular weight is 348 g/mol. The van der Waals surface area contributed by atoms with Crippen molar-refractivity contribution in [1.29, 1.82) is 0 Å². The number of nitrogens with one attached hydrogen (secondary N) is 1. The second-order valence-electron chi connectivity index (χ2n) is 7.77. The molecule has 1 aromatic rings. The van der Waals surface area contributed by atoms with E-state index in [2.05, 4.69) is 32.4 Å². The molecular weight excluding hydrogens is 316 g/mol. The summed E-state index contributed by atoms with van der Waals surface area (Å²) in [6.07, 6.45) is 6.69. The van der Waals surface area contributed by atoms with Crippen LogP contribution in [0.5, 0.6) is 0 Å². The van der Waals surface area contributed by atoms with Crippen molar-refractivity contribution in [2.75, 3.05) is 39.8 Å². The van der Waals surface area contributed by atoms with E-state index >= 15 is 0 Å². The summed E-state index contributed by atoms with van der Waals surface area (Å²) in [4.78, 5) is 17.1. The van der Waals surface area contributed by atoms with Crippen molar-refractivity contribution in [2.24, 2.45) is 11.8 Å². The second-order valence-corrected chi connectivity index (χ2v) is 7.77. The van der Waals surface area contributed by atoms with Gasteiger partial charge in [0.1, 0.15) is 0 Å². The van der Waals surface area contributed by atoms with Crippen molar-refractivity contribution in [3.63, 3.8) is 0 Å². The van der Waals surface area contributed by atoms with Gasteiger partial charge in [0.05, 0.1) is 12.2 Å². The predicted octanol–water partition coefficient (Wildman–Crippen LogP) is 0.968. The topological polar surface area (TPSA) is 66.3 Å². The van der Waals surface area contributed by atoms with Gasteiger partial charge in [-0.25, -0.2) is 0 Å². The molecule has 2 aliphatic heterocycles. The van der Waals surface area contributed by atoms with Crippen molar-refractivity contribution in [1.82, 2.24) is 30.1 Å². The average Bonchev–Trinajstić information content (AvgIpc) is 3.04. The Morgan fingerprint density at radius 2 is 2.08 bits per heavy atom. The molecule has 2 saturated heterocycles. The third kappa shape index (κ3) is 5.25. The number of amides is 1. The molecule has 7 heteroatoms. The van der Waals surface area contributed by atoms with Crippen LogP contribution < -0.4 is 5.32 Å². The molecule has 25 heavy (non-hydrogen) atoms. The van der Waals surface area contributed by atoms with E-state index in [0.717, 1.165) is 63.7 Å². The highest BCUT2D eigenvalue weighted by molar-refractivity contribution is 5.78. The molecule has 0 aliphatic carbocycles. The molecule has 0 bridgehead atoms. The lowest BCUT2D eigenvalue weighted by Crippen LogP contribution is -2.47. The zero-order valence-electron chi connectivity index (χ0n) is 15.7. The number of carbonyl (C=O) groups excluding carboxylic acids is 1. The molecule has 3 rings (SSSR count). The SMILES string of the molecule is CNCc1cn(C[C@H]2CCCN(C(=O)CN3CCC(C)CC3)C2)nn1. The number of aromatic nitrogens is 3. The summed E-state index contributed by atoms with van der Waals surface area (Å²) in [5.41, 5.74) is 0.963. The summed E-state index contributed by atoms with van der Waals surface area (Å²) < 4.78 is 1.93. The molecule has 1 atom stereocenters. The molecule has 140 valence electrons. The van der Waals surface area contributed by atoms with Crippen LogP contribution in [0.1, 0.15) is 38.3 Å². The Bertz CT molecular complexity index is 552. The number of hydrogen-bond acceptors (Lipinski definition) is 5. The zero-order chi connectivity index (χ0) is 17.6. The van der Waals surface area contributed by atoms with E-state index in [4.69, 9.17) is 0 Å². The van der Waals surface area contributed by atoms with Crippen LogP contribution in [0, 0.1) is 11.8 Å². The molecule has 0 saturated carbocycles. The normalized spacial score (nSPS) is 23.1. The van der Waals surface area contributed by atoms with Crippen LogP contribution in [0.25, 0.3) is 0 Å². The maximum absolute atomic E-state index is 12.7. The van der Waals surface area contributed by atoms with E-state index < -0.39 is 0 Å². The fourth-order valence-corrected chi connectivity index (χ4v) is 3.91. The molecule has 0 unspecified atom stereocenters. The van der Waals surface area contributed by atoms with Gasteiger partial charge in [-0.15, -0.1) is 5.10 Å². The Kier molecular flexibility index (Phi) is 6.42. The number of hydrogen-bond donors (Lipinski definition) is 1. The second kappa shape index (κ2) is 8.76. The van der Waals surface area contributed by atoms with Crippen LogP contribution in [0.3, 0.4) is 0 Å². The van der Waals surface area contributed by atoms with E-state index in [9.17, 15) is 4.79 Å². The number of nitrogens with zero attached hydrogens (tertiary/aromatic N) is 5. The van der Waals surface area contributed by atoms with Gasteiger partial charge < -0.3 is 10.2 Å². The molecule has 1 amide bonds. The maximum atomic E-state index is 12.7. The minimum atomic E-state index is 0.300. The van der Waals surface area contributed by atoms with Gasteiger partial charge in [0.25, 0.3) is 0 Å². The van der Waals surface area contributed by atoms with Gasteiger partial charge in [-0.05, 0) is 57.7 Å². The fraction of sp³-hybridized carbons (Fsp3) is 0.833. The zero-order valence-corrected chi connectivity index (χ0v) is 15.7. The maximum Gasteiger partial charge on any atom is 0.236 e. The van der Waals surface area contributed by atoms with Gasteiger partial charge in [0.2, 0.25) is 5.91 Å². The smallest absolute Gasteiger partial charge is 0.236 e. The standard InChI is InChI=1S/C18H32N6O/c1-15-5-8-22(9-6-15)14-18(25)23-7-3-4-16(11-23)12-24-13-17(10-19-2)20-21-24/h13,15-16,19H,3-12,14H2,1-2H3/t16-/m0/s1. The van der Waals surface area contributed by atoms with Crippen molar-refractivity contribution in [3.8, 4) is 0 Å². The molecule has 0 aromatic carbocycles. The van der Waals surface area contributed by atoms with Crippen LogP contribution in [0.4, 0.5) is 0 Å². The third-order valence-electron chi connectivity index (χ3n) is 5.50. The highest BCUT2D eigenvalue weighted by atomic mass is 16.2. The van der Waals surface area contributed by atoms with E-state index in [1.54, 1.807) is 0 Å². The van der Waals surface area contributed by atoms with Gasteiger partial charge in [-0.1, -0.05) is 12.1 Å². The van der Waals surface area contributed by atoms with E-state index in [1.165, 1.54) is 12.8 Å². The molecule has 7 nitrogen and oxygen atoms in total. The van der Waals surface area contributed by atoms with Gasteiger partial charge in [-0.3, -0.25) is 14.4 Å². The highest BCUT2D eigenvalue weighted by Crippen LogP contribution is 2.20. The summed E-state index contributed by atoms with van der Waals surface area (Å²) in [5.74, 6) is 1.58. The predicted molar refractivity (Wildman–Crippen MR) is 96.9 cm³/mol. The fourth-order valence-electron chi connectivity index (χ4n) is 3.91. The molecule has 1 aromatic heterocycles. The molecule has 0 radical (unpaired) electrons. The summed E-state index contributed by atoms with van der Waals surface area (Å²) in [6.45, 7) is 8.38. The van der Waals surface area contributed by atoms with Crippen molar-refractivity contribution in [3.05, 3.63) is 11.9 Å². The van der Waals surface area contributed by atoms with Crippen LogP contribution in [-0.2, 0) is 17.9 Å². The Morgan fingerprint density at radius 3 is 2.84 bits per heavy atom. The Morgan fingerprint density at radius 1 is 1.28 bits per heavy atom. The van der Waals surface area contributed by atoms with Crippen LogP contribution in [-0.4, -0.2) is 70.5 Å². The Hall–Kier alpha value is -1.47. The lowest BCUT2D eigenvalue weighted by molar-refractivity contribution is -0.134. The first-order chi connectivity index (χ1) is 12.1. The Labute approximate surface area is 150 Å².